The molecule has 4 rings (SSSR count). The number of fused-ring (bicyclic) bond motifs is 1. The Kier molecular flexibility index (Phi) is 7.83. The summed E-state index contributed by atoms with van der Waals surface area (Å²) in [4.78, 5) is 44.6. The third-order valence-corrected chi connectivity index (χ3v) is 5.61. The molecule has 34 heavy (non-hydrogen) atoms. The van der Waals surface area contributed by atoms with Crippen LogP contribution in [0, 0.1) is 5.92 Å². The number of nitrogens with one attached hydrogen (secondary N) is 1. The summed E-state index contributed by atoms with van der Waals surface area (Å²) in [5.74, 6) is -1.16. The van der Waals surface area contributed by atoms with E-state index in [2.05, 4.69) is 15.4 Å². The Balaban J connectivity index is 0.000000469. The first-order chi connectivity index (χ1) is 16.2. The van der Waals surface area contributed by atoms with Crippen molar-refractivity contribution >= 4 is 40.1 Å². The first-order valence-corrected chi connectivity index (χ1v) is 11.2. The third-order valence-electron chi connectivity index (χ3n) is 5.61. The van der Waals surface area contributed by atoms with E-state index in [0.717, 1.165) is 0 Å². The Morgan fingerprint density at radius 3 is 2.24 bits per heavy atom. The second-order valence-corrected chi connectivity index (χ2v) is 8.48. The van der Waals surface area contributed by atoms with Gasteiger partial charge in [-0.2, -0.15) is 5.10 Å². The number of nitrogens with two attached hydrogens (primary N) is 1. The van der Waals surface area contributed by atoms with Crippen molar-refractivity contribution in [3.8, 4) is 0 Å². The molecule has 3 heterocycles. The molecule has 3 N–H and O–H groups in total. The van der Waals surface area contributed by atoms with Crippen molar-refractivity contribution in [2.45, 2.75) is 26.8 Å². The van der Waals surface area contributed by atoms with Crippen LogP contribution in [-0.4, -0.2) is 68.0 Å². The average Bonchev–Trinajstić information content (AvgIpc) is 3.24. The minimum atomic E-state index is -0.757. The van der Waals surface area contributed by atoms with E-state index < -0.39 is 11.8 Å². The summed E-state index contributed by atoms with van der Waals surface area (Å²) in [6.07, 6.45) is 2.97. The molecule has 1 aromatic carbocycles. The van der Waals surface area contributed by atoms with Gasteiger partial charge in [-0.15, -0.1) is 0 Å². The number of hydrogen-bond donors (Lipinski definition) is 2. The number of aryl methyl sites for hydroxylation is 1. The number of nitrogen functional groups attached to an aromatic ring is 1. The summed E-state index contributed by atoms with van der Waals surface area (Å²) >= 11 is 0. The zero-order valence-corrected chi connectivity index (χ0v) is 19.9. The standard InChI is InChI=1S/C18H25N7O3.C6H6/c1-10(2)17(27)25-6-5-24(9-11(25)3)18(28)16(26)22-13-8-20-15(19)14-12(13)7-21-23(14)4;1-2-4-6-5-3-1/h7-8,10-11H,5-6,9H2,1-4H3,(H2,19,20)(H,22,26);1-6H. The molecule has 1 fully saturated rings. The second-order valence-electron chi connectivity index (χ2n) is 8.48. The monoisotopic (exact) mass is 465 g/mol. The van der Waals surface area contributed by atoms with Crippen LogP contribution in [0.2, 0.25) is 0 Å². The summed E-state index contributed by atoms with van der Waals surface area (Å²) in [6.45, 7) is 6.61. The lowest BCUT2D eigenvalue weighted by molar-refractivity contribution is -0.148. The van der Waals surface area contributed by atoms with Crippen molar-refractivity contribution < 1.29 is 14.4 Å². The molecule has 3 amide bonds. The van der Waals surface area contributed by atoms with E-state index in [1.165, 1.54) is 11.1 Å². The Hall–Kier alpha value is -3.95. The van der Waals surface area contributed by atoms with E-state index in [-0.39, 0.29) is 17.9 Å². The molecule has 1 atom stereocenters. The molecule has 2 aromatic heterocycles. The van der Waals surface area contributed by atoms with Gasteiger partial charge in [-0.05, 0) is 6.92 Å². The SMILES string of the molecule is CC(C)C(=O)N1CCN(C(=O)C(=O)Nc2cnc(N)c3c2cnn3C)CC1C.c1ccccc1. The molecule has 1 aliphatic rings. The molecule has 180 valence electrons. The predicted octanol–water partition coefficient (Wildman–Crippen LogP) is 1.89. The molecule has 1 unspecified atom stereocenters. The van der Waals surface area contributed by atoms with Crippen LogP contribution >= 0.6 is 0 Å². The number of carbonyl (C=O) groups excluding carboxylic acids is 3. The smallest absolute Gasteiger partial charge is 0.313 e. The number of benzene rings is 1. The summed E-state index contributed by atoms with van der Waals surface area (Å²) in [5, 5.41) is 7.34. The van der Waals surface area contributed by atoms with Gasteiger partial charge in [-0.1, -0.05) is 50.2 Å². The molecule has 10 nitrogen and oxygen atoms in total. The maximum Gasteiger partial charge on any atom is 0.313 e. The first-order valence-electron chi connectivity index (χ1n) is 11.2. The largest absolute Gasteiger partial charge is 0.382 e. The fraction of sp³-hybridized carbons (Fsp3) is 0.375. The van der Waals surface area contributed by atoms with Crippen LogP contribution in [-0.2, 0) is 21.4 Å². The fourth-order valence-electron chi connectivity index (χ4n) is 3.81. The van der Waals surface area contributed by atoms with Crippen molar-refractivity contribution in [1.29, 1.82) is 0 Å². The number of aromatic nitrogens is 3. The van der Waals surface area contributed by atoms with Crippen LogP contribution in [0.1, 0.15) is 20.8 Å². The number of anilines is 2. The molecule has 10 heteroatoms. The van der Waals surface area contributed by atoms with Crippen LogP contribution in [0.3, 0.4) is 0 Å². The van der Waals surface area contributed by atoms with Gasteiger partial charge in [0.25, 0.3) is 0 Å². The first kappa shape index (κ1) is 24.7. The van der Waals surface area contributed by atoms with Crippen LogP contribution in [0.15, 0.2) is 48.8 Å². The number of carbonyl (C=O) groups is 3. The summed E-state index contributed by atoms with van der Waals surface area (Å²) in [7, 11) is 1.72. The van der Waals surface area contributed by atoms with Crippen molar-refractivity contribution in [1.82, 2.24) is 24.6 Å². The highest BCUT2D eigenvalue weighted by molar-refractivity contribution is 6.40. The zero-order chi connectivity index (χ0) is 24.8. The zero-order valence-electron chi connectivity index (χ0n) is 19.9. The van der Waals surface area contributed by atoms with Crippen molar-refractivity contribution in [3.05, 3.63) is 48.8 Å². The van der Waals surface area contributed by atoms with Crippen molar-refractivity contribution in [3.63, 3.8) is 0 Å². The van der Waals surface area contributed by atoms with Crippen molar-refractivity contribution in [2.75, 3.05) is 30.7 Å². The molecule has 0 radical (unpaired) electrons. The van der Waals surface area contributed by atoms with Gasteiger partial charge < -0.3 is 20.9 Å². The molecular weight excluding hydrogens is 434 g/mol. The lowest BCUT2D eigenvalue weighted by Crippen LogP contribution is -2.57. The van der Waals surface area contributed by atoms with E-state index in [1.54, 1.807) is 22.8 Å². The number of piperazine rings is 1. The topological polar surface area (TPSA) is 126 Å². The lowest BCUT2D eigenvalue weighted by Gasteiger charge is -2.40. The highest BCUT2D eigenvalue weighted by atomic mass is 16.2. The van der Waals surface area contributed by atoms with Gasteiger partial charge in [-0.25, -0.2) is 4.98 Å². The third kappa shape index (κ3) is 5.51. The number of hydrogen-bond acceptors (Lipinski definition) is 6. The average molecular weight is 466 g/mol. The lowest BCUT2D eigenvalue weighted by atomic mass is 10.1. The fourth-order valence-corrected chi connectivity index (χ4v) is 3.81. The maximum atomic E-state index is 12.6. The molecule has 0 aliphatic carbocycles. The summed E-state index contributed by atoms with van der Waals surface area (Å²) in [5.41, 5.74) is 6.82. The number of rotatable bonds is 2. The van der Waals surface area contributed by atoms with Crippen LogP contribution in [0.4, 0.5) is 11.5 Å². The molecular formula is C24H31N7O3. The minimum Gasteiger partial charge on any atom is -0.382 e. The Labute approximate surface area is 198 Å². The van der Waals surface area contributed by atoms with Gasteiger partial charge in [0, 0.05) is 44.0 Å². The Bertz CT molecular complexity index is 1130. The van der Waals surface area contributed by atoms with E-state index in [9.17, 15) is 14.4 Å². The van der Waals surface area contributed by atoms with Crippen molar-refractivity contribution in [2.24, 2.45) is 13.0 Å². The van der Waals surface area contributed by atoms with E-state index in [0.29, 0.717) is 42.0 Å². The molecule has 3 aromatic rings. The Morgan fingerprint density at radius 1 is 1.06 bits per heavy atom. The van der Waals surface area contributed by atoms with E-state index in [1.807, 2.05) is 57.2 Å². The molecule has 1 saturated heterocycles. The molecule has 0 saturated carbocycles. The number of nitrogens with zero attached hydrogens (tertiary/aromatic N) is 5. The van der Waals surface area contributed by atoms with Gasteiger partial charge in [0.05, 0.1) is 18.1 Å². The van der Waals surface area contributed by atoms with Gasteiger partial charge in [-0.3, -0.25) is 19.1 Å². The van der Waals surface area contributed by atoms with Crippen LogP contribution < -0.4 is 11.1 Å². The Morgan fingerprint density at radius 2 is 1.68 bits per heavy atom. The minimum absolute atomic E-state index is 0.0518. The quantitative estimate of drug-likeness (QED) is 0.557. The molecule has 0 bridgehead atoms. The van der Waals surface area contributed by atoms with Gasteiger partial charge in [0.15, 0.2) is 0 Å². The number of amides is 3. The maximum absolute atomic E-state index is 12.6. The van der Waals surface area contributed by atoms with Crippen LogP contribution in [0.5, 0.6) is 0 Å². The van der Waals surface area contributed by atoms with E-state index >= 15 is 0 Å². The van der Waals surface area contributed by atoms with Gasteiger partial charge >= 0.3 is 11.8 Å². The summed E-state index contributed by atoms with van der Waals surface area (Å²) in [6, 6.07) is 11.9. The predicted molar refractivity (Wildman–Crippen MR) is 131 cm³/mol. The van der Waals surface area contributed by atoms with Gasteiger partial charge in [0.1, 0.15) is 11.3 Å². The van der Waals surface area contributed by atoms with E-state index in [4.69, 9.17) is 5.73 Å². The molecule has 0 spiro atoms. The molecule has 1 aliphatic heterocycles. The van der Waals surface area contributed by atoms with Gasteiger partial charge in [0.2, 0.25) is 5.91 Å². The highest BCUT2D eigenvalue weighted by Crippen LogP contribution is 2.25. The number of pyridine rings is 1. The highest BCUT2D eigenvalue weighted by Gasteiger charge is 2.33. The summed E-state index contributed by atoms with van der Waals surface area (Å²) < 4.78 is 1.56. The normalized spacial score (nSPS) is 15.6. The second kappa shape index (κ2) is 10.8. The van der Waals surface area contributed by atoms with Crippen LogP contribution in [0.25, 0.3) is 10.9 Å².